The van der Waals surface area contributed by atoms with E-state index in [9.17, 15) is 4.79 Å². The first-order valence-corrected chi connectivity index (χ1v) is 6.29. The highest BCUT2D eigenvalue weighted by molar-refractivity contribution is 5.92. The smallest absolute Gasteiger partial charge is 0.226 e. The van der Waals surface area contributed by atoms with Gasteiger partial charge in [0.25, 0.3) is 0 Å². The average Bonchev–Trinajstić information content (AvgIpc) is 2.29. The quantitative estimate of drug-likeness (QED) is 0.602. The van der Waals surface area contributed by atoms with E-state index in [0.717, 1.165) is 23.2 Å². The third-order valence-corrected chi connectivity index (χ3v) is 2.64. The zero-order valence-electron chi connectivity index (χ0n) is 11.4. The molecule has 0 unspecified atom stereocenters. The van der Waals surface area contributed by atoms with Crippen LogP contribution in [0.3, 0.4) is 0 Å². The number of aryl methyl sites for hydroxylation is 2. The standard InChI is InChI=1S/C14H22N2O2/c1-4-6-18-7-5-13(17)16-14-10(2)8-12(15)9-11(14)3/h8-9H,4-7,15H2,1-3H3,(H,16,17). The lowest BCUT2D eigenvalue weighted by Crippen LogP contribution is -2.16. The SMILES string of the molecule is CCCOCCC(=O)Nc1c(C)cc(N)cc1C. The molecule has 4 heteroatoms. The van der Waals surface area contributed by atoms with Gasteiger partial charge in [0.05, 0.1) is 13.0 Å². The van der Waals surface area contributed by atoms with Crippen LogP contribution in [-0.4, -0.2) is 19.1 Å². The number of carbonyl (C=O) groups excluding carboxylic acids is 1. The largest absolute Gasteiger partial charge is 0.399 e. The number of anilines is 2. The molecule has 0 radical (unpaired) electrons. The van der Waals surface area contributed by atoms with Crippen LogP contribution in [0.25, 0.3) is 0 Å². The molecule has 1 aromatic carbocycles. The molecule has 0 bridgehead atoms. The number of nitrogen functional groups attached to an aromatic ring is 1. The van der Waals surface area contributed by atoms with Crippen molar-refractivity contribution in [2.45, 2.75) is 33.6 Å². The number of hydrogen-bond donors (Lipinski definition) is 2. The van der Waals surface area contributed by atoms with E-state index in [1.807, 2.05) is 32.9 Å². The lowest BCUT2D eigenvalue weighted by molar-refractivity contribution is -0.117. The van der Waals surface area contributed by atoms with Gasteiger partial charge in [-0.1, -0.05) is 6.92 Å². The van der Waals surface area contributed by atoms with Crippen LogP contribution in [0.4, 0.5) is 11.4 Å². The topological polar surface area (TPSA) is 64.3 Å². The molecule has 0 heterocycles. The number of amides is 1. The minimum atomic E-state index is -0.0259. The minimum absolute atomic E-state index is 0.0259. The first-order chi connectivity index (χ1) is 8.54. The molecule has 0 spiro atoms. The monoisotopic (exact) mass is 250 g/mol. The second-order valence-electron chi connectivity index (χ2n) is 4.44. The molecule has 0 fully saturated rings. The van der Waals surface area contributed by atoms with E-state index < -0.39 is 0 Å². The molecule has 3 N–H and O–H groups in total. The van der Waals surface area contributed by atoms with Crippen molar-refractivity contribution in [1.82, 2.24) is 0 Å². The first kappa shape index (κ1) is 14.5. The summed E-state index contributed by atoms with van der Waals surface area (Å²) in [5.74, 6) is -0.0259. The third-order valence-electron chi connectivity index (χ3n) is 2.64. The highest BCUT2D eigenvalue weighted by Gasteiger charge is 2.08. The highest BCUT2D eigenvalue weighted by atomic mass is 16.5. The normalized spacial score (nSPS) is 10.4. The summed E-state index contributed by atoms with van der Waals surface area (Å²) in [4.78, 5) is 11.7. The Morgan fingerprint density at radius 1 is 1.28 bits per heavy atom. The Kier molecular flexibility index (Phi) is 5.65. The number of carbonyl (C=O) groups is 1. The lowest BCUT2D eigenvalue weighted by atomic mass is 10.1. The van der Waals surface area contributed by atoms with E-state index in [1.54, 1.807) is 0 Å². The number of rotatable bonds is 6. The molecule has 0 aliphatic carbocycles. The van der Waals surface area contributed by atoms with Crippen molar-refractivity contribution < 1.29 is 9.53 Å². The Bertz CT molecular complexity index is 393. The Labute approximate surface area is 109 Å². The van der Waals surface area contributed by atoms with Crippen LogP contribution < -0.4 is 11.1 Å². The van der Waals surface area contributed by atoms with Crippen LogP contribution in [0.1, 0.15) is 30.9 Å². The zero-order chi connectivity index (χ0) is 13.5. The second-order valence-corrected chi connectivity index (χ2v) is 4.44. The van der Waals surface area contributed by atoms with Gasteiger partial charge in [-0.3, -0.25) is 4.79 Å². The molecule has 100 valence electrons. The number of nitrogens with one attached hydrogen (secondary N) is 1. The van der Waals surface area contributed by atoms with E-state index in [1.165, 1.54) is 0 Å². The van der Waals surface area contributed by atoms with Crippen molar-refractivity contribution in [2.75, 3.05) is 24.3 Å². The summed E-state index contributed by atoms with van der Waals surface area (Å²) in [6, 6.07) is 3.71. The van der Waals surface area contributed by atoms with Crippen LogP contribution in [0.5, 0.6) is 0 Å². The Morgan fingerprint density at radius 2 is 1.89 bits per heavy atom. The van der Waals surface area contributed by atoms with Crippen molar-refractivity contribution in [3.05, 3.63) is 23.3 Å². The molecule has 0 aromatic heterocycles. The summed E-state index contributed by atoms with van der Waals surface area (Å²) >= 11 is 0. The maximum atomic E-state index is 11.7. The van der Waals surface area contributed by atoms with Gasteiger partial charge in [0.1, 0.15) is 0 Å². The number of ether oxygens (including phenoxy) is 1. The fourth-order valence-corrected chi connectivity index (χ4v) is 1.81. The van der Waals surface area contributed by atoms with Gasteiger partial charge < -0.3 is 15.8 Å². The van der Waals surface area contributed by atoms with Gasteiger partial charge in [0, 0.05) is 18.0 Å². The maximum Gasteiger partial charge on any atom is 0.226 e. The fourth-order valence-electron chi connectivity index (χ4n) is 1.81. The van der Waals surface area contributed by atoms with Crippen LogP contribution >= 0.6 is 0 Å². The van der Waals surface area contributed by atoms with E-state index in [0.29, 0.717) is 25.3 Å². The minimum Gasteiger partial charge on any atom is -0.399 e. The summed E-state index contributed by atoms with van der Waals surface area (Å²) in [7, 11) is 0. The number of nitrogens with two attached hydrogens (primary N) is 1. The Hall–Kier alpha value is -1.55. The molecule has 0 saturated carbocycles. The van der Waals surface area contributed by atoms with E-state index in [-0.39, 0.29) is 5.91 Å². The van der Waals surface area contributed by atoms with E-state index >= 15 is 0 Å². The summed E-state index contributed by atoms with van der Waals surface area (Å²) in [5, 5.41) is 2.91. The summed E-state index contributed by atoms with van der Waals surface area (Å²) in [6.07, 6.45) is 1.35. The summed E-state index contributed by atoms with van der Waals surface area (Å²) < 4.78 is 5.29. The van der Waals surface area contributed by atoms with E-state index in [2.05, 4.69) is 5.32 Å². The van der Waals surface area contributed by atoms with Gasteiger partial charge in [-0.2, -0.15) is 0 Å². The fraction of sp³-hybridized carbons (Fsp3) is 0.500. The first-order valence-electron chi connectivity index (χ1n) is 6.29. The van der Waals surface area contributed by atoms with Crippen molar-refractivity contribution in [3.8, 4) is 0 Å². The molecule has 1 aromatic rings. The van der Waals surface area contributed by atoms with Gasteiger partial charge in [0.2, 0.25) is 5.91 Å². The van der Waals surface area contributed by atoms with Crippen molar-refractivity contribution in [2.24, 2.45) is 0 Å². The van der Waals surface area contributed by atoms with Gasteiger partial charge in [-0.05, 0) is 43.5 Å². The summed E-state index contributed by atoms with van der Waals surface area (Å²) in [5.41, 5.74) is 9.27. The van der Waals surface area contributed by atoms with Gasteiger partial charge in [-0.25, -0.2) is 0 Å². The second kappa shape index (κ2) is 7.01. The molecule has 0 atom stereocenters. The van der Waals surface area contributed by atoms with Gasteiger partial charge >= 0.3 is 0 Å². The lowest BCUT2D eigenvalue weighted by Gasteiger charge is -2.12. The molecule has 0 aliphatic rings. The van der Waals surface area contributed by atoms with Crippen molar-refractivity contribution in [1.29, 1.82) is 0 Å². The molecule has 18 heavy (non-hydrogen) atoms. The highest BCUT2D eigenvalue weighted by Crippen LogP contribution is 2.23. The molecule has 0 aliphatic heterocycles. The molecular weight excluding hydrogens is 228 g/mol. The van der Waals surface area contributed by atoms with Gasteiger partial charge in [0.15, 0.2) is 0 Å². The van der Waals surface area contributed by atoms with Crippen LogP contribution in [0.2, 0.25) is 0 Å². The predicted octanol–water partition coefficient (Wildman–Crippen LogP) is 2.64. The molecular formula is C14H22N2O2. The van der Waals surface area contributed by atoms with Crippen LogP contribution in [0, 0.1) is 13.8 Å². The maximum absolute atomic E-state index is 11.7. The van der Waals surface area contributed by atoms with Crippen LogP contribution in [0.15, 0.2) is 12.1 Å². The molecule has 4 nitrogen and oxygen atoms in total. The Balaban J connectivity index is 2.54. The number of benzene rings is 1. The van der Waals surface area contributed by atoms with E-state index in [4.69, 9.17) is 10.5 Å². The predicted molar refractivity (Wildman–Crippen MR) is 74.7 cm³/mol. The Morgan fingerprint density at radius 3 is 2.44 bits per heavy atom. The summed E-state index contributed by atoms with van der Waals surface area (Å²) in [6.45, 7) is 7.08. The van der Waals surface area contributed by atoms with Gasteiger partial charge in [-0.15, -0.1) is 0 Å². The van der Waals surface area contributed by atoms with Crippen LogP contribution in [-0.2, 0) is 9.53 Å². The average molecular weight is 250 g/mol. The molecule has 1 rings (SSSR count). The third kappa shape index (κ3) is 4.37. The number of hydrogen-bond acceptors (Lipinski definition) is 3. The molecule has 0 saturated heterocycles. The van der Waals surface area contributed by atoms with Crippen molar-refractivity contribution >= 4 is 17.3 Å². The molecule has 1 amide bonds. The van der Waals surface area contributed by atoms with Crippen molar-refractivity contribution in [3.63, 3.8) is 0 Å². The zero-order valence-corrected chi connectivity index (χ0v) is 11.4.